The molecule has 1 aromatic rings. The molecule has 8 heteroatoms. The monoisotopic (exact) mass is 390 g/mol. The second-order valence-electron chi connectivity index (χ2n) is 7.09. The number of carboxylic acid groups (broad SMARTS) is 1. The van der Waals surface area contributed by atoms with E-state index < -0.39 is 12.1 Å². The molecule has 0 bridgehead atoms. The third-order valence-electron chi connectivity index (χ3n) is 5.02. The second-order valence-corrected chi connectivity index (χ2v) is 7.09. The van der Waals surface area contributed by atoms with Crippen molar-refractivity contribution in [2.24, 2.45) is 0 Å². The van der Waals surface area contributed by atoms with E-state index in [1.54, 1.807) is 28.9 Å². The van der Waals surface area contributed by atoms with E-state index in [1.807, 2.05) is 12.1 Å². The molecule has 8 nitrogen and oxygen atoms in total. The van der Waals surface area contributed by atoms with Gasteiger partial charge in [-0.15, -0.1) is 0 Å². The maximum Gasteiger partial charge on any atom is 0.305 e. The van der Waals surface area contributed by atoms with E-state index in [0.717, 1.165) is 12.8 Å². The number of hydrogen-bond acceptors (Lipinski definition) is 5. The number of ether oxygens (including phenoxy) is 2. The van der Waals surface area contributed by atoms with Crippen LogP contribution in [0.4, 0.5) is 5.69 Å². The molecule has 2 atom stereocenters. The summed E-state index contributed by atoms with van der Waals surface area (Å²) in [6.45, 7) is 3.10. The zero-order valence-corrected chi connectivity index (χ0v) is 16.0. The molecule has 0 saturated carbocycles. The topological polar surface area (TPSA) is 96.4 Å². The summed E-state index contributed by atoms with van der Waals surface area (Å²) in [6, 6.07) is 7.23. The molecular formula is C20H26N2O6. The lowest BCUT2D eigenvalue weighted by atomic mass is 10.1. The molecule has 0 radical (unpaired) electrons. The molecule has 0 aliphatic carbocycles. The highest BCUT2D eigenvalue weighted by molar-refractivity contribution is 6.00. The molecule has 0 unspecified atom stereocenters. The largest absolute Gasteiger partial charge is 0.481 e. The summed E-state index contributed by atoms with van der Waals surface area (Å²) in [6.07, 6.45) is 1.14. The molecule has 1 aromatic carbocycles. The summed E-state index contributed by atoms with van der Waals surface area (Å²) in [5, 5.41) is 8.98. The Hall–Kier alpha value is -2.61. The number of anilines is 1. The van der Waals surface area contributed by atoms with Gasteiger partial charge in [0.25, 0.3) is 5.91 Å². The van der Waals surface area contributed by atoms with Crippen LogP contribution in [0.15, 0.2) is 24.3 Å². The van der Waals surface area contributed by atoms with Crippen LogP contribution in [0.25, 0.3) is 0 Å². The van der Waals surface area contributed by atoms with Gasteiger partial charge in [0.15, 0.2) is 6.10 Å². The normalized spacial score (nSPS) is 21.2. The third kappa shape index (κ3) is 4.81. The Balaban J connectivity index is 1.65. The number of amides is 2. The van der Waals surface area contributed by atoms with Crippen molar-refractivity contribution >= 4 is 23.5 Å². The number of carbonyl (C=O) groups is 3. The van der Waals surface area contributed by atoms with Crippen LogP contribution in [-0.2, 0) is 19.1 Å². The lowest BCUT2D eigenvalue weighted by molar-refractivity contribution is -0.139. The van der Waals surface area contributed by atoms with Gasteiger partial charge < -0.3 is 24.4 Å². The average molecular weight is 390 g/mol. The fourth-order valence-electron chi connectivity index (χ4n) is 3.54. The van der Waals surface area contributed by atoms with Crippen LogP contribution >= 0.6 is 0 Å². The minimum Gasteiger partial charge on any atom is -0.481 e. The zero-order valence-electron chi connectivity index (χ0n) is 16.0. The van der Waals surface area contributed by atoms with Gasteiger partial charge >= 0.3 is 5.97 Å². The Labute approximate surface area is 164 Å². The van der Waals surface area contributed by atoms with Crippen molar-refractivity contribution in [3.8, 4) is 5.75 Å². The van der Waals surface area contributed by atoms with Gasteiger partial charge in [0.05, 0.1) is 18.2 Å². The molecule has 2 amide bonds. The number of hydrogen-bond donors (Lipinski definition) is 1. The average Bonchev–Trinajstić information content (AvgIpc) is 3.18. The van der Waals surface area contributed by atoms with Crippen LogP contribution in [0.1, 0.15) is 32.6 Å². The van der Waals surface area contributed by atoms with Crippen LogP contribution in [0.5, 0.6) is 5.75 Å². The Bertz CT molecular complexity index is 731. The summed E-state index contributed by atoms with van der Waals surface area (Å²) < 4.78 is 11.2. The molecule has 2 aliphatic rings. The van der Waals surface area contributed by atoms with E-state index in [0.29, 0.717) is 24.6 Å². The molecular weight excluding hydrogens is 364 g/mol. The summed E-state index contributed by atoms with van der Waals surface area (Å²) in [5.74, 6) is -0.704. The number of aliphatic carboxylic acids is 1. The Kier molecular flexibility index (Phi) is 6.51. The number of nitrogens with zero attached hydrogens (tertiary/aromatic N) is 2. The van der Waals surface area contributed by atoms with Crippen molar-refractivity contribution in [1.82, 2.24) is 4.90 Å². The molecule has 2 aliphatic heterocycles. The van der Waals surface area contributed by atoms with E-state index in [9.17, 15) is 14.4 Å². The van der Waals surface area contributed by atoms with Gasteiger partial charge in [-0.25, -0.2) is 0 Å². The number of carbonyl (C=O) groups excluding carboxylic acids is 2. The summed E-state index contributed by atoms with van der Waals surface area (Å²) in [7, 11) is 0. The van der Waals surface area contributed by atoms with Crippen molar-refractivity contribution in [2.75, 3.05) is 31.1 Å². The van der Waals surface area contributed by atoms with Crippen LogP contribution in [0, 0.1) is 0 Å². The van der Waals surface area contributed by atoms with Gasteiger partial charge in [0.2, 0.25) is 5.91 Å². The molecule has 1 N–H and O–H groups in total. The van der Waals surface area contributed by atoms with Gasteiger partial charge in [-0.2, -0.15) is 0 Å². The molecule has 28 heavy (non-hydrogen) atoms. The van der Waals surface area contributed by atoms with Crippen molar-refractivity contribution in [3.05, 3.63) is 24.3 Å². The lowest BCUT2D eigenvalue weighted by Crippen LogP contribution is -2.46. The summed E-state index contributed by atoms with van der Waals surface area (Å²) in [5.41, 5.74) is 0.648. The third-order valence-corrected chi connectivity index (χ3v) is 5.02. The van der Waals surface area contributed by atoms with E-state index >= 15 is 0 Å². The highest BCUT2D eigenvalue weighted by atomic mass is 16.5. The van der Waals surface area contributed by atoms with Crippen LogP contribution < -0.4 is 9.64 Å². The lowest BCUT2D eigenvalue weighted by Gasteiger charge is -2.33. The van der Waals surface area contributed by atoms with Crippen molar-refractivity contribution in [1.29, 1.82) is 0 Å². The van der Waals surface area contributed by atoms with Crippen LogP contribution in [0.2, 0.25) is 0 Å². The van der Waals surface area contributed by atoms with Gasteiger partial charge in [0, 0.05) is 32.7 Å². The van der Waals surface area contributed by atoms with E-state index in [1.165, 1.54) is 0 Å². The van der Waals surface area contributed by atoms with Gasteiger partial charge in [-0.1, -0.05) is 12.1 Å². The number of fused-ring (bicyclic) bond motifs is 1. The second kappa shape index (κ2) is 9.05. The molecule has 152 valence electrons. The smallest absolute Gasteiger partial charge is 0.305 e. The maximum atomic E-state index is 12.8. The summed E-state index contributed by atoms with van der Waals surface area (Å²) in [4.78, 5) is 39.4. The number of para-hydroxylation sites is 2. The first kappa shape index (κ1) is 20.1. The number of rotatable bonds is 8. The minimum absolute atomic E-state index is 0.0523. The molecule has 3 rings (SSSR count). The Morgan fingerprint density at radius 1 is 1.29 bits per heavy atom. The number of carboxylic acids is 1. The molecule has 0 spiro atoms. The van der Waals surface area contributed by atoms with Crippen LogP contribution in [0.3, 0.4) is 0 Å². The fraction of sp³-hybridized carbons (Fsp3) is 0.550. The summed E-state index contributed by atoms with van der Waals surface area (Å²) >= 11 is 0. The van der Waals surface area contributed by atoms with Crippen LogP contribution in [-0.4, -0.2) is 66.2 Å². The van der Waals surface area contributed by atoms with Crippen molar-refractivity contribution in [2.45, 2.75) is 44.8 Å². The molecule has 1 saturated heterocycles. The standard InChI is InChI=1S/C20H26N2O6/c1-14-20(26)22(16-6-2-3-7-17(16)28-14)11-8-18(23)21(10-9-19(24)25)13-15-5-4-12-27-15/h2-3,6-7,14-15H,4-5,8-13H2,1H3,(H,24,25)/t14-,15+/m1/s1. The van der Waals surface area contributed by atoms with Gasteiger partial charge in [-0.3, -0.25) is 14.4 Å². The Morgan fingerprint density at radius 3 is 2.79 bits per heavy atom. The fourth-order valence-corrected chi connectivity index (χ4v) is 3.54. The molecule has 2 heterocycles. The maximum absolute atomic E-state index is 12.8. The predicted octanol–water partition coefficient (Wildman–Crippen LogP) is 1.67. The minimum atomic E-state index is -0.948. The van der Waals surface area contributed by atoms with E-state index in [-0.39, 0.29) is 43.8 Å². The number of benzene rings is 1. The zero-order chi connectivity index (χ0) is 20.1. The van der Waals surface area contributed by atoms with E-state index in [4.69, 9.17) is 14.6 Å². The Morgan fingerprint density at radius 2 is 2.07 bits per heavy atom. The van der Waals surface area contributed by atoms with Gasteiger partial charge in [0.1, 0.15) is 5.75 Å². The first-order chi connectivity index (χ1) is 13.5. The van der Waals surface area contributed by atoms with E-state index in [2.05, 4.69) is 0 Å². The van der Waals surface area contributed by atoms with Crippen molar-refractivity contribution in [3.63, 3.8) is 0 Å². The van der Waals surface area contributed by atoms with Crippen molar-refractivity contribution < 1.29 is 29.0 Å². The first-order valence-electron chi connectivity index (χ1n) is 9.64. The molecule has 0 aromatic heterocycles. The molecule has 1 fully saturated rings. The highest BCUT2D eigenvalue weighted by Crippen LogP contribution is 2.33. The first-order valence-corrected chi connectivity index (χ1v) is 9.64. The highest BCUT2D eigenvalue weighted by Gasteiger charge is 2.32. The van der Waals surface area contributed by atoms with Gasteiger partial charge in [-0.05, 0) is 31.9 Å². The predicted molar refractivity (Wildman–Crippen MR) is 101 cm³/mol. The SMILES string of the molecule is C[C@H]1Oc2ccccc2N(CCC(=O)N(CCC(=O)O)C[C@@H]2CCCO2)C1=O. The quantitative estimate of drug-likeness (QED) is 0.725.